The zero-order chi connectivity index (χ0) is 19.4. The number of carbonyl (C=O) groups is 2. The standard InChI is InChI=1S/C21H20N2O4/c1-3-8-15-11-14(13-18(19(15)24)27-4-2)12-17-20(25)23(21(26)22-17)16-9-6-5-7-10-16/h3,5-7,9-13,24H,1,4,8H2,2H3,(H,22,26)/b17-12+. The number of phenols is 1. The molecule has 0 aromatic heterocycles. The van der Waals surface area contributed by atoms with Crippen LogP contribution in [0.1, 0.15) is 18.1 Å². The van der Waals surface area contributed by atoms with E-state index in [1.807, 2.05) is 13.0 Å². The molecule has 0 aliphatic carbocycles. The zero-order valence-electron chi connectivity index (χ0n) is 14.9. The Balaban J connectivity index is 1.98. The Labute approximate surface area is 157 Å². The average Bonchev–Trinajstić information content (AvgIpc) is 2.93. The first-order valence-corrected chi connectivity index (χ1v) is 8.57. The number of para-hydroxylation sites is 1. The summed E-state index contributed by atoms with van der Waals surface area (Å²) in [6, 6.07) is 11.6. The molecule has 6 heteroatoms. The molecular formula is C21H20N2O4. The number of phenolic OH excluding ortho intramolecular Hbond substituents is 1. The van der Waals surface area contributed by atoms with Crippen LogP contribution in [0.25, 0.3) is 6.08 Å². The third kappa shape index (κ3) is 3.69. The minimum absolute atomic E-state index is 0.0478. The van der Waals surface area contributed by atoms with Crippen molar-refractivity contribution in [3.63, 3.8) is 0 Å². The van der Waals surface area contributed by atoms with E-state index in [4.69, 9.17) is 4.74 Å². The maximum Gasteiger partial charge on any atom is 0.333 e. The number of hydrogen-bond donors (Lipinski definition) is 2. The molecule has 1 heterocycles. The van der Waals surface area contributed by atoms with Crippen LogP contribution in [-0.4, -0.2) is 23.7 Å². The lowest BCUT2D eigenvalue weighted by Gasteiger charge is -2.12. The molecular weight excluding hydrogens is 344 g/mol. The summed E-state index contributed by atoms with van der Waals surface area (Å²) in [7, 11) is 0. The van der Waals surface area contributed by atoms with Crippen molar-refractivity contribution in [1.82, 2.24) is 5.32 Å². The smallest absolute Gasteiger partial charge is 0.333 e. The fraction of sp³-hybridized carbons (Fsp3) is 0.143. The molecule has 6 nitrogen and oxygen atoms in total. The summed E-state index contributed by atoms with van der Waals surface area (Å²) in [5, 5.41) is 12.9. The van der Waals surface area contributed by atoms with Crippen LogP contribution in [0.5, 0.6) is 11.5 Å². The van der Waals surface area contributed by atoms with Gasteiger partial charge in [-0.3, -0.25) is 4.79 Å². The number of nitrogens with zero attached hydrogens (tertiary/aromatic N) is 1. The maximum atomic E-state index is 12.7. The molecule has 1 aliphatic rings. The van der Waals surface area contributed by atoms with Crippen molar-refractivity contribution in [3.05, 3.63) is 71.9 Å². The number of ether oxygens (including phenoxy) is 1. The minimum atomic E-state index is -0.507. The molecule has 1 saturated heterocycles. The first-order chi connectivity index (χ1) is 13.0. The van der Waals surface area contributed by atoms with Crippen LogP contribution in [0.15, 0.2) is 60.8 Å². The van der Waals surface area contributed by atoms with Crippen molar-refractivity contribution in [2.75, 3.05) is 11.5 Å². The monoisotopic (exact) mass is 364 g/mol. The van der Waals surface area contributed by atoms with E-state index in [-0.39, 0.29) is 11.4 Å². The third-order valence-corrected chi connectivity index (χ3v) is 4.04. The van der Waals surface area contributed by atoms with Gasteiger partial charge in [-0.05, 0) is 49.2 Å². The molecule has 0 unspecified atom stereocenters. The normalized spacial score (nSPS) is 15.1. The fourth-order valence-electron chi connectivity index (χ4n) is 2.86. The highest BCUT2D eigenvalue weighted by Crippen LogP contribution is 2.33. The number of allylic oxidation sites excluding steroid dienone is 1. The molecule has 0 atom stereocenters. The Bertz CT molecular complexity index is 919. The topological polar surface area (TPSA) is 78.9 Å². The summed E-state index contributed by atoms with van der Waals surface area (Å²) in [4.78, 5) is 26.0. The van der Waals surface area contributed by atoms with Gasteiger partial charge < -0.3 is 15.2 Å². The van der Waals surface area contributed by atoms with Crippen LogP contribution in [0.2, 0.25) is 0 Å². The van der Waals surface area contributed by atoms with Crippen molar-refractivity contribution < 1.29 is 19.4 Å². The van der Waals surface area contributed by atoms with Gasteiger partial charge in [0.2, 0.25) is 0 Å². The number of nitrogens with one attached hydrogen (secondary N) is 1. The zero-order valence-corrected chi connectivity index (χ0v) is 14.9. The summed E-state index contributed by atoms with van der Waals surface area (Å²) in [5.74, 6) is -0.0745. The van der Waals surface area contributed by atoms with E-state index in [0.717, 1.165) is 4.90 Å². The second kappa shape index (κ2) is 7.78. The molecule has 138 valence electrons. The lowest BCUT2D eigenvalue weighted by molar-refractivity contribution is -0.113. The summed E-state index contributed by atoms with van der Waals surface area (Å²) in [5.41, 5.74) is 1.91. The van der Waals surface area contributed by atoms with Crippen molar-refractivity contribution in [1.29, 1.82) is 0 Å². The number of rotatable bonds is 6. The maximum absolute atomic E-state index is 12.7. The second-order valence-corrected chi connectivity index (χ2v) is 5.92. The van der Waals surface area contributed by atoms with E-state index in [2.05, 4.69) is 11.9 Å². The molecule has 3 amide bonds. The van der Waals surface area contributed by atoms with Crippen LogP contribution in [0, 0.1) is 0 Å². The first kappa shape index (κ1) is 18.3. The van der Waals surface area contributed by atoms with E-state index in [1.54, 1.807) is 48.6 Å². The van der Waals surface area contributed by atoms with Gasteiger partial charge in [-0.1, -0.05) is 24.3 Å². The van der Waals surface area contributed by atoms with Crippen molar-refractivity contribution in [2.45, 2.75) is 13.3 Å². The number of amides is 3. The van der Waals surface area contributed by atoms with Crippen LogP contribution in [0.3, 0.4) is 0 Å². The molecule has 1 aliphatic heterocycles. The largest absolute Gasteiger partial charge is 0.504 e. The van der Waals surface area contributed by atoms with Gasteiger partial charge in [-0.25, -0.2) is 9.69 Å². The second-order valence-electron chi connectivity index (χ2n) is 5.92. The molecule has 0 saturated carbocycles. The number of anilines is 1. The minimum Gasteiger partial charge on any atom is -0.504 e. The Hall–Kier alpha value is -3.54. The Morgan fingerprint density at radius 2 is 1.96 bits per heavy atom. The highest BCUT2D eigenvalue weighted by atomic mass is 16.5. The molecule has 2 aromatic rings. The number of carbonyl (C=O) groups excluding carboxylic acids is 2. The quantitative estimate of drug-likeness (QED) is 0.466. The molecule has 27 heavy (non-hydrogen) atoms. The highest BCUT2D eigenvalue weighted by Gasteiger charge is 2.34. The van der Waals surface area contributed by atoms with E-state index in [9.17, 15) is 14.7 Å². The molecule has 0 radical (unpaired) electrons. The lowest BCUT2D eigenvalue weighted by atomic mass is 10.0. The summed E-state index contributed by atoms with van der Waals surface area (Å²) < 4.78 is 5.47. The summed E-state index contributed by atoms with van der Waals surface area (Å²) in [6.45, 7) is 5.89. The molecule has 3 rings (SSSR count). The van der Waals surface area contributed by atoms with Crippen molar-refractivity contribution >= 4 is 23.7 Å². The SMILES string of the molecule is C=CCc1cc(/C=C2/NC(=O)N(c3ccccc3)C2=O)cc(OCC)c1O. The number of hydrogen-bond acceptors (Lipinski definition) is 4. The Morgan fingerprint density at radius 3 is 2.63 bits per heavy atom. The molecule has 0 spiro atoms. The third-order valence-electron chi connectivity index (χ3n) is 4.04. The van der Waals surface area contributed by atoms with Gasteiger partial charge in [0.05, 0.1) is 12.3 Å². The summed E-state index contributed by atoms with van der Waals surface area (Å²) in [6.07, 6.45) is 3.68. The van der Waals surface area contributed by atoms with Crippen LogP contribution in [-0.2, 0) is 11.2 Å². The van der Waals surface area contributed by atoms with Gasteiger partial charge in [0.1, 0.15) is 5.70 Å². The van der Waals surface area contributed by atoms with Gasteiger partial charge >= 0.3 is 6.03 Å². The van der Waals surface area contributed by atoms with E-state index in [0.29, 0.717) is 35.6 Å². The first-order valence-electron chi connectivity index (χ1n) is 8.57. The van der Waals surface area contributed by atoms with Gasteiger partial charge in [0, 0.05) is 5.56 Å². The lowest BCUT2D eigenvalue weighted by Crippen LogP contribution is -2.30. The predicted molar refractivity (Wildman–Crippen MR) is 104 cm³/mol. The highest BCUT2D eigenvalue weighted by molar-refractivity contribution is 6.28. The van der Waals surface area contributed by atoms with Crippen LogP contribution < -0.4 is 15.0 Å². The van der Waals surface area contributed by atoms with Gasteiger partial charge in [-0.2, -0.15) is 0 Å². The van der Waals surface area contributed by atoms with Gasteiger partial charge in [0.25, 0.3) is 5.91 Å². The van der Waals surface area contributed by atoms with E-state index in [1.165, 1.54) is 0 Å². The average molecular weight is 364 g/mol. The van der Waals surface area contributed by atoms with Gasteiger partial charge in [-0.15, -0.1) is 6.58 Å². The van der Waals surface area contributed by atoms with E-state index >= 15 is 0 Å². The molecule has 0 bridgehead atoms. The number of urea groups is 1. The fourth-order valence-corrected chi connectivity index (χ4v) is 2.86. The molecule has 1 fully saturated rings. The predicted octanol–water partition coefficient (Wildman–Crippen LogP) is 3.62. The van der Waals surface area contributed by atoms with Crippen LogP contribution in [0.4, 0.5) is 10.5 Å². The van der Waals surface area contributed by atoms with Gasteiger partial charge in [0.15, 0.2) is 11.5 Å². The van der Waals surface area contributed by atoms with Crippen molar-refractivity contribution in [3.8, 4) is 11.5 Å². The summed E-state index contributed by atoms with van der Waals surface area (Å²) >= 11 is 0. The number of benzene rings is 2. The van der Waals surface area contributed by atoms with Crippen molar-refractivity contribution in [2.24, 2.45) is 0 Å². The van der Waals surface area contributed by atoms with Crippen LogP contribution >= 0.6 is 0 Å². The Kier molecular flexibility index (Phi) is 5.26. The van der Waals surface area contributed by atoms with E-state index < -0.39 is 11.9 Å². The molecule has 2 aromatic carbocycles. The Morgan fingerprint density at radius 1 is 1.22 bits per heavy atom. The number of imide groups is 1. The molecule has 2 N–H and O–H groups in total. The number of aromatic hydroxyl groups is 1.